The lowest BCUT2D eigenvalue weighted by Crippen LogP contribution is -2.42. The lowest BCUT2D eigenvalue weighted by atomic mass is 10.0. The van der Waals surface area contributed by atoms with Crippen LogP contribution < -0.4 is 15.4 Å². The number of halogens is 1. The molecule has 0 aromatic heterocycles. The highest BCUT2D eigenvalue weighted by atomic mass is 127. The van der Waals surface area contributed by atoms with Gasteiger partial charge in [-0.25, -0.2) is 0 Å². The highest BCUT2D eigenvalue weighted by Gasteiger charge is 2.19. The fraction of sp³-hybridized carbons (Fsp3) is 0.632. The molecule has 0 radical (unpaired) electrons. The molecule has 7 heteroatoms. The van der Waals surface area contributed by atoms with E-state index in [0.717, 1.165) is 31.3 Å². The van der Waals surface area contributed by atoms with E-state index in [0.29, 0.717) is 0 Å². The van der Waals surface area contributed by atoms with Crippen LogP contribution in [0.2, 0.25) is 0 Å². The van der Waals surface area contributed by atoms with Crippen LogP contribution in [0.25, 0.3) is 0 Å². The number of aliphatic imine (C=N–C) groups is 1. The predicted molar refractivity (Wildman–Crippen MR) is 126 cm³/mol. The van der Waals surface area contributed by atoms with Gasteiger partial charge in [-0.05, 0) is 47.2 Å². The van der Waals surface area contributed by atoms with E-state index in [1.807, 2.05) is 23.9 Å². The Balaban J connectivity index is 0.00000625. The third kappa shape index (κ3) is 8.35. The maximum Gasteiger partial charge on any atom is 0.191 e. The first kappa shape index (κ1) is 25.3. The molecule has 1 atom stereocenters. The Bertz CT molecular complexity index is 552. The molecule has 0 bridgehead atoms. The number of hydrogen-bond donors (Lipinski definition) is 2. The minimum absolute atomic E-state index is 0. The van der Waals surface area contributed by atoms with Crippen LogP contribution in [0.3, 0.4) is 0 Å². The zero-order chi connectivity index (χ0) is 18.9. The lowest BCUT2D eigenvalue weighted by molar-refractivity contribution is 0.287. The molecule has 1 aromatic rings. The van der Waals surface area contributed by atoms with Gasteiger partial charge in [-0.1, -0.05) is 18.2 Å². The largest absolute Gasteiger partial charge is 0.496 e. The SMILES string of the molecule is CCNC(=NCC(C)(C)SC)NCC(c1ccccc1OC)N(C)C.I. The van der Waals surface area contributed by atoms with Gasteiger partial charge in [0.25, 0.3) is 0 Å². The monoisotopic (exact) mass is 494 g/mol. The van der Waals surface area contributed by atoms with E-state index in [2.05, 4.69) is 68.8 Å². The van der Waals surface area contributed by atoms with E-state index in [-0.39, 0.29) is 34.8 Å². The summed E-state index contributed by atoms with van der Waals surface area (Å²) in [6.07, 6.45) is 2.12. The molecule has 5 nitrogen and oxygen atoms in total. The Labute approximate surface area is 180 Å². The lowest BCUT2D eigenvalue weighted by Gasteiger charge is -2.27. The first-order valence-corrected chi connectivity index (χ1v) is 9.93. The quantitative estimate of drug-likeness (QED) is 0.312. The van der Waals surface area contributed by atoms with Gasteiger partial charge < -0.3 is 20.3 Å². The molecule has 0 aliphatic carbocycles. The fourth-order valence-corrected chi connectivity index (χ4v) is 2.58. The van der Waals surface area contributed by atoms with E-state index in [9.17, 15) is 0 Å². The predicted octanol–water partition coefficient (Wildman–Crippen LogP) is 3.61. The number of rotatable bonds is 9. The minimum Gasteiger partial charge on any atom is -0.496 e. The normalized spacial score (nSPS) is 13.2. The molecular formula is C19H35IN4OS. The zero-order valence-corrected chi connectivity index (χ0v) is 20.3. The van der Waals surface area contributed by atoms with Gasteiger partial charge in [-0.3, -0.25) is 4.99 Å². The number of likely N-dealkylation sites (N-methyl/N-ethyl adjacent to an activating group) is 1. The van der Waals surface area contributed by atoms with Crippen molar-refractivity contribution in [3.8, 4) is 5.75 Å². The Kier molecular flexibility index (Phi) is 12.3. The molecule has 150 valence electrons. The van der Waals surface area contributed by atoms with Crippen LogP contribution in [0, 0.1) is 0 Å². The average Bonchev–Trinajstić information content (AvgIpc) is 2.59. The van der Waals surface area contributed by atoms with Crippen molar-refractivity contribution in [3.63, 3.8) is 0 Å². The minimum atomic E-state index is 0. The van der Waals surface area contributed by atoms with Crippen molar-refractivity contribution in [2.24, 2.45) is 4.99 Å². The van der Waals surface area contributed by atoms with Crippen LogP contribution in [0.1, 0.15) is 32.4 Å². The van der Waals surface area contributed by atoms with Crippen LogP contribution in [0.4, 0.5) is 0 Å². The van der Waals surface area contributed by atoms with Crippen LogP contribution in [0.5, 0.6) is 5.75 Å². The summed E-state index contributed by atoms with van der Waals surface area (Å²) < 4.78 is 5.67. The molecule has 26 heavy (non-hydrogen) atoms. The van der Waals surface area contributed by atoms with Gasteiger partial charge in [-0.2, -0.15) is 11.8 Å². The topological polar surface area (TPSA) is 48.9 Å². The van der Waals surface area contributed by atoms with E-state index in [1.165, 1.54) is 5.56 Å². The summed E-state index contributed by atoms with van der Waals surface area (Å²) >= 11 is 1.83. The standard InChI is InChI=1S/C19H34N4OS.HI/c1-8-20-18(22-14-19(2,3)25-7)21-13-16(23(4)5)15-11-9-10-12-17(15)24-6;/h9-12,16H,8,13-14H2,1-7H3,(H2,20,21,22);1H. The van der Waals surface area contributed by atoms with Crippen molar-refractivity contribution in [1.29, 1.82) is 0 Å². The van der Waals surface area contributed by atoms with Gasteiger partial charge in [-0.15, -0.1) is 24.0 Å². The third-order valence-corrected chi connectivity index (χ3v) is 5.33. The number of nitrogens with one attached hydrogen (secondary N) is 2. The number of methoxy groups -OCH3 is 1. The summed E-state index contributed by atoms with van der Waals surface area (Å²) in [5.41, 5.74) is 1.17. The number of ether oxygens (including phenoxy) is 1. The van der Waals surface area contributed by atoms with Crippen LogP contribution in [0.15, 0.2) is 29.3 Å². The molecule has 1 unspecified atom stereocenters. The van der Waals surface area contributed by atoms with Crippen molar-refractivity contribution in [2.75, 3.05) is 47.1 Å². The molecule has 0 saturated carbocycles. The Morgan fingerprint density at radius 3 is 2.46 bits per heavy atom. The van der Waals surface area contributed by atoms with Crippen molar-refractivity contribution in [1.82, 2.24) is 15.5 Å². The van der Waals surface area contributed by atoms with Crippen molar-refractivity contribution < 1.29 is 4.74 Å². The summed E-state index contributed by atoms with van der Waals surface area (Å²) in [6.45, 7) is 8.86. The molecule has 0 saturated heterocycles. The van der Waals surface area contributed by atoms with Crippen LogP contribution in [-0.4, -0.2) is 62.7 Å². The number of para-hydroxylation sites is 1. The van der Waals surface area contributed by atoms with Crippen molar-refractivity contribution in [2.45, 2.75) is 31.6 Å². The smallest absolute Gasteiger partial charge is 0.191 e. The maximum absolute atomic E-state index is 5.53. The summed E-state index contributed by atoms with van der Waals surface area (Å²) in [5.74, 6) is 1.76. The van der Waals surface area contributed by atoms with Crippen molar-refractivity contribution in [3.05, 3.63) is 29.8 Å². The van der Waals surface area contributed by atoms with E-state index >= 15 is 0 Å². The maximum atomic E-state index is 5.53. The number of benzene rings is 1. The average molecular weight is 494 g/mol. The molecule has 0 aliphatic rings. The number of hydrogen-bond acceptors (Lipinski definition) is 4. The first-order chi connectivity index (χ1) is 11.8. The summed E-state index contributed by atoms with van der Waals surface area (Å²) in [6, 6.07) is 8.36. The molecule has 0 spiro atoms. The van der Waals surface area contributed by atoms with Gasteiger partial charge in [0.05, 0.1) is 19.7 Å². The first-order valence-electron chi connectivity index (χ1n) is 8.71. The molecule has 1 rings (SSSR count). The molecule has 0 amide bonds. The summed E-state index contributed by atoms with van der Waals surface area (Å²) in [5, 5.41) is 6.81. The third-order valence-electron chi connectivity index (χ3n) is 4.10. The van der Waals surface area contributed by atoms with E-state index < -0.39 is 0 Å². The highest BCUT2D eigenvalue weighted by Crippen LogP contribution is 2.27. The van der Waals surface area contributed by atoms with Crippen LogP contribution in [-0.2, 0) is 0 Å². The Hall–Kier alpha value is -0.670. The molecule has 0 aliphatic heterocycles. The Morgan fingerprint density at radius 2 is 1.92 bits per heavy atom. The second-order valence-electron chi connectivity index (χ2n) is 6.76. The molecule has 0 heterocycles. The van der Waals surface area contributed by atoms with E-state index in [4.69, 9.17) is 9.73 Å². The van der Waals surface area contributed by atoms with Gasteiger partial charge in [0, 0.05) is 23.4 Å². The van der Waals surface area contributed by atoms with Crippen molar-refractivity contribution >= 4 is 41.7 Å². The zero-order valence-electron chi connectivity index (χ0n) is 17.1. The molecular weight excluding hydrogens is 459 g/mol. The molecule has 2 N–H and O–H groups in total. The van der Waals surface area contributed by atoms with Gasteiger partial charge in [0.15, 0.2) is 5.96 Å². The van der Waals surface area contributed by atoms with Crippen LogP contribution >= 0.6 is 35.7 Å². The number of guanidine groups is 1. The van der Waals surface area contributed by atoms with E-state index in [1.54, 1.807) is 7.11 Å². The summed E-state index contributed by atoms with van der Waals surface area (Å²) in [4.78, 5) is 6.94. The highest BCUT2D eigenvalue weighted by molar-refractivity contribution is 14.0. The number of nitrogens with zero attached hydrogens (tertiary/aromatic N) is 2. The Morgan fingerprint density at radius 1 is 1.27 bits per heavy atom. The molecule has 0 fully saturated rings. The van der Waals surface area contributed by atoms with Gasteiger partial charge >= 0.3 is 0 Å². The second kappa shape index (κ2) is 12.7. The van der Waals surface area contributed by atoms with Gasteiger partial charge in [0.2, 0.25) is 0 Å². The van der Waals surface area contributed by atoms with Gasteiger partial charge in [0.1, 0.15) is 5.75 Å². The second-order valence-corrected chi connectivity index (χ2v) is 8.27. The fourth-order valence-electron chi connectivity index (χ4n) is 2.38. The number of thioether (sulfide) groups is 1. The summed E-state index contributed by atoms with van der Waals surface area (Å²) in [7, 11) is 5.88. The molecule has 1 aromatic carbocycles.